The van der Waals surface area contributed by atoms with Crippen LogP contribution in [0, 0.1) is 5.21 Å². The Kier molecular flexibility index (Phi) is 6.35. The number of fused-ring (bicyclic) bond motifs is 1. The SMILES string of the molecule is NCc1cccc(-c2ncc(C(=O)N3CCN(S(=O)(=O)c4cc5cc(Cl)ccc5[nH]4)CC3)cn2)[n+]1[O-]. The number of nitrogens with one attached hydrogen (secondary N) is 1. The average molecular weight is 528 g/mol. The summed E-state index contributed by atoms with van der Waals surface area (Å²) in [4.78, 5) is 25.8. The maximum atomic E-state index is 13.1. The van der Waals surface area contributed by atoms with Gasteiger partial charge >= 0.3 is 0 Å². The van der Waals surface area contributed by atoms with Crippen molar-refractivity contribution in [3.05, 3.63) is 76.3 Å². The smallest absolute Gasteiger partial charge is 0.261 e. The minimum atomic E-state index is -3.77. The third-order valence-corrected chi connectivity index (χ3v) is 8.12. The topological polar surface area (TPSA) is 152 Å². The number of piperazine rings is 1. The second kappa shape index (κ2) is 9.47. The largest absolute Gasteiger partial charge is 0.618 e. The van der Waals surface area contributed by atoms with Crippen LogP contribution in [0.1, 0.15) is 16.1 Å². The number of H-pyrrole nitrogens is 1. The van der Waals surface area contributed by atoms with Crippen LogP contribution < -0.4 is 10.5 Å². The van der Waals surface area contributed by atoms with Gasteiger partial charge in [0.1, 0.15) is 5.03 Å². The van der Waals surface area contributed by atoms with E-state index in [-0.39, 0.29) is 60.7 Å². The molecule has 1 aromatic carbocycles. The highest BCUT2D eigenvalue weighted by Gasteiger charge is 2.32. The molecule has 1 aliphatic heterocycles. The van der Waals surface area contributed by atoms with Crippen molar-refractivity contribution in [3.63, 3.8) is 0 Å². The Bertz CT molecular complexity index is 1550. The molecule has 4 heterocycles. The first kappa shape index (κ1) is 24.1. The molecule has 3 aromatic heterocycles. The van der Waals surface area contributed by atoms with E-state index in [1.807, 2.05) is 0 Å². The first-order chi connectivity index (χ1) is 17.3. The lowest BCUT2D eigenvalue weighted by atomic mass is 10.2. The molecule has 0 aliphatic carbocycles. The number of aromatic nitrogens is 4. The molecule has 1 amide bonds. The minimum absolute atomic E-state index is 0.0736. The molecule has 5 rings (SSSR count). The third kappa shape index (κ3) is 4.39. The molecule has 3 N–H and O–H groups in total. The van der Waals surface area contributed by atoms with E-state index in [9.17, 15) is 18.4 Å². The van der Waals surface area contributed by atoms with Crippen molar-refractivity contribution < 1.29 is 17.9 Å². The second-order valence-corrected chi connectivity index (χ2v) is 10.6. The number of carbonyl (C=O) groups excluding carboxylic acids is 1. The average Bonchev–Trinajstić information content (AvgIpc) is 3.33. The minimum Gasteiger partial charge on any atom is -0.618 e. The van der Waals surface area contributed by atoms with Crippen LogP contribution in [0.2, 0.25) is 5.02 Å². The van der Waals surface area contributed by atoms with Crippen molar-refractivity contribution in [1.29, 1.82) is 0 Å². The fourth-order valence-corrected chi connectivity index (χ4v) is 5.71. The number of nitrogens with zero attached hydrogens (tertiary/aromatic N) is 5. The Labute approximate surface area is 211 Å². The Morgan fingerprint density at radius 3 is 2.53 bits per heavy atom. The normalized spacial score (nSPS) is 14.9. The van der Waals surface area contributed by atoms with Crippen LogP contribution in [0.4, 0.5) is 0 Å². The molecule has 0 bridgehead atoms. The monoisotopic (exact) mass is 527 g/mol. The lowest BCUT2D eigenvalue weighted by Gasteiger charge is -2.33. The first-order valence-electron chi connectivity index (χ1n) is 11.1. The number of pyridine rings is 1. The van der Waals surface area contributed by atoms with Gasteiger partial charge < -0.3 is 20.8 Å². The van der Waals surface area contributed by atoms with E-state index in [1.54, 1.807) is 47.4 Å². The number of rotatable bonds is 5. The van der Waals surface area contributed by atoms with Crippen molar-refractivity contribution in [2.75, 3.05) is 26.2 Å². The molecular formula is C23H22ClN7O4S. The van der Waals surface area contributed by atoms with Crippen molar-refractivity contribution in [1.82, 2.24) is 24.2 Å². The maximum absolute atomic E-state index is 13.1. The van der Waals surface area contributed by atoms with E-state index in [2.05, 4.69) is 15.0 Å². The fraction of sp³-hybridized carbons (Fsp3) is 0.217. The van der Waals surface area contributed by atoms with Crippen LogP contribution in [-0.4, -0.2) is 64.7 Å². The summed E-state index contributed by atoms with van der Waals surface area (Å²) >= 11 is 6.01. The summed E-state index contributed by atoms with van der Waals surface area (Å²) in [6.07, 6.45) is 2.72. The van der Waals surface area contributed by atoms with Crippen LogP contribution in [0.25, 0.3) is 22.4 Å². The van der Waals surface area contributed by atoms with E-state index in [4.69, 9.17) is 17.3 Å². The fourth-order valence-electron chi connectivity index (χ4n) is 4.10. The summed E-state index contributed by atoms with van der Waals surface area (Å²) in [5.41, 5.74) is 7.10. The van der Waals surface area contributed by atoms with E-state index >= 15 is 0 Å². The molecular weight excluding hydrogens is 506 g/mol. The van der Waals surface area contributed by atoms with Crippen LogP contribution in [0.3, 0.4) is 0 Å². The van der Waals surface area contributed by atoms with Gasteiger partial charge in [-0.25, -0.2) is 18.4 Å². The molecule has 1 fully saturated rings. The molecule has 0 unspecified atom stereocenters. The molecule has 0 radical (unpaired) electrons. The Morgan fingerprint density at radius 1 is 1.11 bits per heavy atom. The molecule has 186 valence electrons. The summed E-state index contributed by atoms with van der Waals surface area (Å²) in [6, 6.07) is 11.5. The standard InChI is InChI=1S/C23H22ClN7O4S/c24-17-4-5-19-15(10-17)11-21(28-19)36(34,35)30-8-6-29(7-9-30)23(32)16-13-26-22(27-14-16)20-3-1-2-18(12-25)31(20)33/h1-5,10-11,13-14,28H,6-9,12,25H2. The van der Waals surface area contributed by atoms with Gasteiger partial charge in [0, 0.05) is 66.6 Å². The van der Waals surface area contributed by atoms with E-state index in [0.717, 1.165) is 0 Å². The number of carbonyl (C=O) groups is 1. The zero-order valence-corrected chi connectivity index (χ0v) is 20.5. The van der Waals surface area contributed by atoms with Crippen molar-refractivity contribution >= 4 is 38.4 Å². The Balaban J connectivity index is 1.27. The van der Waals surface area contributed by atoms with Gasteiger partial charge in [-0.2, -0.15) is 9.04 Å². The Hall–Kier alpha value is -3.58. The van der Waals surface area contributed by atoms with Crippen molar-refractivity contribution in [2.24, 2.45) is 5.73 Å². The summed E-state index contributed by atoms with van der Waals surface area (Å²) < 4.78 is 28.3. The van der Waals surface area contributed by atoms with Crippen LogP contribution in [0.15, 0.2) is 59.9 Å². The predicted octanol–water partition coefficient (Wildman–Crippen LogP) is 1.52. The predicted molar refractivity (Wildman–Crippen MR) is 132 cm³/mol. The summed E-state index contributed by atoms with van der Waals surface area (Å²) in [6.45, 7) is 0.788. The van der Waals surface area contributed by atoms with Gasteiger partial charge in [0.05, 0.1) is 12.1 Å². The maximum Gasteiger partial charge on any atom is 0.261 e. The number of benzene rings is 1. The molecule has 0 saturated carbocycles. The van der Waals surface area contributed by atoms with Gasteiger partial charge in [-0.15, -0.1) is 0 Å². The highest BCUT2D eigenvalue weighted by atomic mass is 35.5. The highest BCUT2D eigenvalue weighted by molar-refractivity contribution is 7.89. The third-order valence-electron chi connectivity index (χ3n) is 6.06. The first-order valence-corrected chi connectivity index (χ1v) is 12.9. The van der Waals surface area contributed by atoms with Crippen molar-refractivity contribution in [2.45, 2.75) is 11.6 Å². The van der Waals surface area contributed by atoms with Gasteiger partial charge in [0.2, 0.25) is 11.5 Å². The van der Waals surface area contributed by atoms with Crippen LogP contribution >= 0.6 is 11.6 Å². The van der Waals surface area contributed by atoms with Gasteiger partial charge in [-0.1, -0.05) is 11.6 Å². The number of amides is 1. The lowest BCUT2D eigenvalue weighted by molar-refractivity contribution is -0.602. The highest BCUT2D eigenvalue weighted by Crippen LogP contribution is 2.25. The van der Waals surface area contributed by atoms with E-state index in [1.165, 1.54) is 16.7 Å². The quantitative estimate of drug-likeness (QED) is 0.295. The summed E-state index contributed by atoms with van der Waals surface area (Å²) in [5, 5.41) is 13.7. The van der Waals surface area contributed by atoms with Crippen molar-refractivity contribution in [3.8, 4) is 11.5 Å². The van der Waals surface area contributed by atoms with E-state index < -0.39 is 10.0 Å². The zero-order valence-electron chi connectivity index (χ0n) is 19.0. The summed E-state index contributed by atoms with van der Waals surface area (Å²) in [5.74, 6) is -0.142. The van der Waals surface area contributed by atoms with Crippen LogP contribution in [-0.2, 0) is 16.6 Å². The molecule has 1 saturated heterocycles. The molecule has 1 aliphatic rings. The Morgan fingerprint density at radius 2 is 1.83 bits per heavy atom. The molecule has 11 nitrogen and oxygen atoms in total. The molecule has 4 aromatic rings. The summed E-state index contributed by atoms with van der Waals surface area (Å²) in [7, 11) is -3.77. The number of aromatic amines is 1. The van der Waals surface area contributed by atoms with E-state index in [0.29, 0.717) is 26.3 Å². The van der Waals surface area contributed by atoms with Gasteiger partial charge in [0.25, 0.3) is 21.6 Å². The number of hydrogen-bond donors (Lipinski definition) is 2. The van der Waals surface area contributed by atoms with Gasteiger partial charge in [-0.3, -0.25) is 4.79 Å². The molecule has 0 spiro atoms. The number of hydrogen-bond acceptors (Lipinski definition) is 7. The second-order valence-electron chi connectivity index (χ2n) is 8.26. The van der Waals surface area contributed by atoms with Gasteiger partial charge in [-0.05, 0) is 30.3 Å². The lowest BCUT2D eigenvalue weighted by Crippen LogP contribution is -2.50. The van der Waals surface area contributed by atoms with Crippen LogP contribution in [0.5, 0.6) is 0 Å². The van der Waals surface area contributed by atoms with Gasteiger partial charge in [0.15, 0.2) is 0 Å². The molecule has 0 atom stereocenters. The number of sulfonamides is 1. The zero-order chi connectivity index (χ0) is 25.4. The molecule has 13 heteroatoms. The number of halogens is 1. The number of nitrogens with two attached hydrogens (primary N) is 1. The molecule has 36 heavy (non-hydrogen) atoms.